The molecule has 2 aromatic heterocycles. The minimum absolute atomic E-state index is 0.126. The van der Waals surface area contributed by atoms with Crippen molar-refractivity contribution in [1.82, 2.24) is 20.1 Å². The number of fused-ring (bicyclic) bond motifs is 1. The molecule has 3 aromatic rings. The van der Waals surface area contributed by atoms with Crippen molar-refractivity contribution in [1.29, 1.82) is 0 Å². The number of rotatable bonds is 5. The van der Waals surface area contributed by atoms with Crippen LogP contribution in [0, 0.1) is 0 Å². The first-order chi connectivity index (χ1) is 9.35. The van der Waals surface area contributed by atoms with Crippen LogP contribution in [0.25, 0.3) is 11.0 Å². The molecule has 2 N–H and O–H groups in total. The molecule has 0 fully saturated rings. The van der Waals surface area contributed by atoms with Gasteiger partial charge >= 0.3 is 0 Å². The van der Waals surface area contributed by atoms with Gasteiger partial charge in [-0.3, -0.25) is 0 Å². The number of nitrogens with zero attached hydrogens (tertiary/aromatic N) is 3. The zero-order chi connectivity index (χ0) is 13.1. The molecule has 19 heavy (non-hydrogen) atoms. The summed E-state index contributed by atoms with van der Waals surface area (Å²) < 4.78 is 5.10. The topological polar surface area (TPSA) is 87.8 Å². The Kier molecular flexibility index (Phi) is 3.24. The van der Waals surface area contributed by atoms with E-state index in [1.807, 2.05) is 24.3 Å². The van der Waals surface area contributed by atoms with E-state index >= 15 is 0 Å². The lowest BCUT2D eigenvalue weighted by Gasteiger charge is -1.89. The van der Waals surface area contributed by atoms with E-state index in [9.17, 15) is 0 Å². The summed E-state index contributed by atoms with van der Waals surface area (Å²) in [5.74, 6) is 1.97. The van der Waals surface area contributed by atoms with E-state index in [1.165, 1.54) is 0 Å². The van der Waals surface area contributed by atoms with Gasteiger partial charge in [-0.05, 0) is 18.6 Å². The molecule has 0 aliphatic rings. The molecule has 0 aliphatic carbocycles. The molecule has 0 amide bonds. The van der Waals surface area contributed by atoms with Gasteiger partial charge in [0.05, 0.1) is 17.5 Å². The quantitative estimate of drug-likeness (QED) is 0.723. The summed E-state index contributed by atoms with van der Waals surface area (Å²) in [6.45, 7) is 0.126. The highest BCUT2D eigenvalue weighted by Crippen LogP contribution is 2.12. The summed E-state index contributed by atoms with van der Waals surface area (Å²) in [4.78, 5) is 12.0. The monoisotopic (exact) mass is 258 g/mol. The Hall–Kier alpha value is -2.21. The molecular formula is C13H14N4O2. The average Bonchev–Trinajstić information content (AvgIpc) is 3.02. The number of benzene rings is 1. The second kappa shape index (κ2) is 5.19. The fourth-order valence-electron chi connectivity index (χ4n) is 1.93. The maximum Gasteiger partial charge on any atom is 0.226 e. The number of hydrogen-bond acceptors (Lipinski definition) is 5. The van der Waals surface area contributed by atoms with Crippen molar-refractivity contribution in [3.05, 3.63) is 41.8 Å². The van der Waals surface area contributed by atoms with Gasteiger partial charge < -0.3 is 14.6 Å². The first-order valence-corrected chi connectivity index (χ1v) is 6.21. The van der Waals surface area contributed by atoms with Gasteiger partial charge in [0.15, 0.2) is 5.82 Å². The molecule has 0 saturated carbocycles. The van der Waals surface area contributed by atoms with Gasteiger partial charge in [-0.2, -0.15) is 4.98 Å². The Balaban J connectivity index is 1.75. The molecule has 6 heteroatoms. The van der Waals surface area contributed by atoms with Gasteiger partial charge in [0.25, 0.3) is 0 Å². The zero-order valence-electron chi connectivity index (χ0n) is 10.3. The van der Waals surface area contributed by atoms with E-state index in [1.54, 1.807) is 0 Å². The van der Waals surface area contributed by atoms with Crippen molar-refractivity contribution < 1.29 is 9.63 Å². The predicted molar refractivity (Wildman–Crippen MR) is 68.6 cm³/mol. The summed E-state index contributed by atoms with van der Waals surface area (Å²) >= 11 is 0. The zero-order valence-corrected chi connectivity index (χ0v) is 10.3. The highest BCUT2D eigenvalue weighted by atomic mass is 16.5. The minimum atomic E-state index is 0.126. The van der Waals surface area contributed by atoms with E-state index in [4.69, 9.17) is 9.63 Å². The fraction of sp³-hybridized carbons (Fsp3) is 0.308. The third-order valence-electron chi connectivity index (χ3n) is 2.82. The molecule has 0 radical (unpaired) electrons. The number of imidazole rings is 1. The first-order valence-electron chi connectivity index (χ1n) is 6.21. The molecule has 3 rings (SSSR count). The molecule has 0 saturated heterocycles. The van der Waals surface area contributed by atoms with Crippen molar-refractivity contribution in [2.45, 2.75) is 19.3 Å². The minimum Gasteiger partial charge on any atom is -0.396 e. The predicted octanol–water partition coefficient (Wildman–Crippen LogP) is 1.46. The molecule has 0 aliphatic heterocycles. The summed E-state index contributed by atoms with van der Waals surface area (Å²) in [6.07, 6.45) is 1.74. The Morgan fingerprint density at radius 2 is 2.11 bits per heavy atom. The van der Waals surface area contributed by atoms with Gasteiger partial charge in [-0.15, -0.1) is 0 Å². The van der Waals surface area contributed by atoms with Gasteiger partial charge in [0, 0.05) is 13.0 Å². The van der Waals surface area contributed by atoms with Crippen molar-refractivity contribution in [3.8, 4) is 0 Å². The maximum atomic E-state index is 8.75. The van der Waals surface area contributed by atoms with Crippen LogP contribution in [-0.2, 0) is 12.8 Å². The molecule has 0 bridgehead atoms. The number of aromatic amines is 1. The summed E-state index contributed by atoms with van der Waals surface area (Å²) in [5.41, 5.74) is 1.93. The molecule has 0 unspecified atom stereocenters. The van der Waals surface area contributed by atoms with Gasteiger partial charge in [0.1, 0.15) is 5.82 Å². The van der Waals surface area contributed by atoms with Gasteiger partial charge in [-0.25, -0.2) is 4.98 Å². The van der Waals surface area contributed by atoms with Crippen LogP contribution in [0.1, 0.15) is 24.0 Å². The van der Waals surface area contributed by atoms with Crippen LogP contribution in [-0.4, -0.2) is 31.8 Å². The number of H-pyrrole nitrogens is 1. The Bertz CT molecular complexity index is 641. The molecule has 0 spiro atoms. The summed E-state index contributed by atoms with van der Waals surface area (Å²) in [6, 6.07) is 7.85. The standard InChI is InChI=1S/C13H14N4O2/c18-7-3-6-13-16-12(17-19-13)8-11-14-9-4-1-2-5-10(9)15-11/h1-2,4-5,18H,3,6-8H2,(H,14,15). The van der Waals surface area contributed by atoms with Crippen molar-refractivity contribution in [2.24, 2.45) is 0 Å². The third kappa shape index (κ3) is 2.63. The molecule has 2 heterocycles. The van der Waals surface area contributed by atoms with E-state index in [0.29, 0.717) is 31.0 Å². The SMILES string of the molecule is OCCCc1nc(Cc2nc3ccccc3[nH]2)no1. The lowest BCUT2D eigenvalue weighted by Crippen LogP contribution is -1.94. The second-order valence-electron chi connectivity index (χ2n) is 4.31. The van der Waals surface area contributed by atoms with E-state index in [2.05, 4.69) is 20.1 Å². The van der Waals surface area contributed by atoms with Crippen LogP contribution >= 0.6 is 0 Å². The normalized spacial score (nSPS) is 11.2. The lowest BCUT2D eigenvalue weighted by atomic mass is 10.3. The Labute approximate surface area is 109 Å². The van der Waals surface area contributed by atoms with E-state index in [0.717, 1.165) is 16.9 Å². The van der Waals surface area contributed by atoms with Crippen LogP contribution in [0.3, 0.4) is 0 Å². The molecule has 0 atom stereocenters. The number of hydrogen-bond donors (Lipinski definition) is 2. The first kappa shape index (κ1) is 11.9. The molecular weight excluding hydrogens is 244 g/mol. The van der Waals surface area contributed by atoms with Crippen LogP contribution in [0.15, 0.2) is 28.8 Å². The smallest absolute Gasteiger partial charge is 0.226 e. The Morgan fingerprint density at radius 1 is 1.21 bits per heavy atom. The number of aliphatic hydroxyl groups is 1. The Morgan fingerprint density at radius 3 is 2.95 bits per heavy atom. The van der Waals surface area contributed by atoms with Gasteiger partial charge in [0.2, 0.25) is 5.89 Å². The van der Waals surface area contributed by atoms with Gasteiger partial charge in [-0.1, -0.05) is 17.3 Å². The van der Waals surface area contributed by atoms with E-state index in [-0.39, 0.29) is 6.61 Å². The summed E-state index contributed by atoms with van der Waals surface area (Å²) in [5, 5.41) is 12.7. The largest absolute Gasteiger partial charge is 0.396 e. The summed E-state index contributed by atoms with van der Waals surface area (Å²) in [7, 11) is 0. The maximum absolute atomic E-state index is 8.75. The van der Waals surface area contributed by atoms with Crippen molar-refractivity contribution in [3.63, 3.8) is 0 Å². The lowest BCUT2D eigenvalue weighted by molar-refractivity contribution is 0.278. The average molecular weight is 258 g/mol. The molecule has 6 nitrogen and oxygen atoms in total. The molecule has 1 aromatic carbocycles. The van der Waals surface area contributed by atoms with Crippen LogP contribution in [0.2, 0.25) is 0 Å². The van der Waals surface area contributed by atoms with Crippen LogP contribution < -0.4 is 0 Å². The van der Waals surface area contributed by atoms with Crippen molar-refractivity contribution in [2.75, 3.05) is 6.61 Å². The number of para-hydroxylation sites is 2. The number of nitrogens with one attached hydrogen (secondary N) is 1. The molecule has 98 valence electrons. The fourth-order valence-corrected chi connectivity index (χ4v) is 1.93. The number of aliphatic hydroxyl groups excluding tert-OH is 1. The van der Waals surface area contributed by atoms with Crippen molar-refractivity contribution >= 4 is 11.0 Å². The number of aryl methyl sites for hydroxylation is 1. The van der Waals surface area contributed by atoms with Crippen LogP contribution in [0.4, 0.5) is 0 Å². The van der Waals surface area contributed by atoms with Crippen LogP contribution in [0.5, 0.6) is 0 Å². The second-order valence-corrected chi connectivity index (χ2v) is 4.31. The van der Waals surface area contributed by atoms with E-state index < -0.39 is 0 Å². The number of aromatic nitrogens is 4. The highest BCUT2D eigenvalue weighted by Gasteiger charge is 2.09. The highest BCUT2D eigenvalue weighted by molar-refractivity contribution is 5.74. The third-order valence-corrected chi connectivity index (χ3v) is 2.82.